The van der Waals surface area contributed by atoms with Crippen LogP contribution in [0.4, 0.5) is 0 Å². The van der Waals surface area contributed by atoms with Crippen molar-refractivity contribution in [3.8, 4) is 118 Å². The zero-order chi connectivity index (χ0) is 96.1. The van der Waals surface area contributed by atoms with Crippen molar-refractivity contribution >= 4 is 32.8 Å². The van der Waals surface area contributed by atoms with Crippen LogP contribution in [0.5, 0.6) is 11.5 Å². The van der Waals surface area contributed by atoms with Crippen molar-refractivity contribution in [1.82, 2.24) is 14.1 Å². The molecule has 3 heterocycles. The van der Waals surface area contributed by atoms with E-state index in [2.05, 4.69) is 11.3 Å². The Labute approximate surface area is 592 Å². The second-order valence-corrected chi connectivity index (χ2v) is 20.6. The first-order valence-electron chi connectivity index (χ1n) is 48.1. The predicted octanol–water partition coefficient (Wildman–Crippen LogP) is 22.3. The first kappa shape index (κ1) is 27.4. The van der Waals surface area contributed by atoms with E-state index in [0.717, 1.165) is 10.8 Å². The molecule has 92 heavy (non-hydrogen) atoms. The van der Waals surface area contributed by atoms with Crippen LogP contribution >= 0.6 is 0 Å². The average Bonchev–Trinajstić information content (AvgIpc) is 1.33. The van der Waals surface area contributed by atoms with Crippen molar-refractivity contribution in [3.05, 3.63) is 344 Å². The van der Waals surface area contributed by atoms with Crippen molar-refractivity contribution < 1.29 is 64.1 Å². The van der Waals surface area contributed by atoms with Gasteiger partial charge in [-0.05, 0) is 205 Å². The standard InChI is InChI=1S/C87H62N4O/c1-58-24-21-25-59(2)86(58)66-42-45-82-84(53-66)89(73-36-22-37-74(54-73)92-75-43-44-79-78-38-19-20-41-81(78)91(83(79)55-75)85-46-60(3)80(56-88-85)65-34-17-8-18-35-65)57-90(82)87-76(71-49-67(61-26-9-4-10-27-61)47-68(50-71)62-28-11-5-12-29-62)39-23-40-77(87)72-51-69(63-30-13-6-14-31-63)48-70(52-72)64-32-15-7-16-33-64/h4-56H,1-3H3/i1D3,2D3,3D3,4D,5D,6D,7D,8D,9D,10D,11D,12D,13D,14D,15D,16D,17D,18D,26D,27D,28D,29D,30D,31D,32D,33D,34D,35D,47D,48D,49D,50D,51D,52D. The van der Waals surface area contributed by atoms with E-state index >= 15 is 0 Å². The molecule has 0 bridgehead atoms. The summed E-state index contributed by atoms with van der Waals surface area (Å²) in [4.78, 5) is 4.69. The van der Waals surface area contributed by atoms with E-state index in [4.69, 9.17) is 40.4 Å². The molecule has 16 aromatic rings. The minimum Gasteiger partial charge on any atom is -0.458 e. The van der Waals surface area contributed by atoms with Gasteiger partial charge in [-0.25, -0.2) is 4.98 Å². The SMILES string of the molecule is [2H]c1c([2H])c([2H])c(-c2cnc(-n3c4ccccc4c4ccc(Oc5cccc(-n6[c-][n+](-c7c(-c8c([2H])c(-c9c([2H])c([2H])c([2H])c([2H])c9[2H])c([2H])c(-c9c([2H])c([2H])c([2H])c([2H])c9[2H])c8[2H])cccc7-c7c([2H])c(-c8c([2H])c([2H])c([2H])c([2H])c8[2H])c([2H])c(-c8c([2H])c([2H])c([2H])c([2H])c8[2H])c7[2H])c7ccc(-c8c(C([2H])([2H])[2H])cccc8C([2H])([2H])[2H])cc76)c5)cc43)cc2C([2H])([2H])[2H])c([2H])c1[2H]. The van der Waals surface area contributed by atoms with Gasteiger partial charge in [0.25, 0.3) is 6.33 Å². The summed E-state index contributed by atoms with van der Waals surface area (Å²) >= 11 is 0. The lowest BCUT2D eigenvalue weighted by molar-refractivity contribution is -0.571. The number of fused-ring (bicyclic) bond motifs is 4. The molecule has 0 unspecified atom stereocenters. The maximum atomic E-state index is 10.6. The first-order chi connectivity index (χ1) is 61.9. The van der Waals surface area contributed by atoms with Gasteiger partial charge in [0.1, 0.15) is 17.3 Å². The van der Waals surface area contributed by atoms with Crippen molar-refractivity contribution in [2.24, 2.45) is 0 Å². The monoisotopic (exact) mass is 1220 g/mol. The Bertz CT molecular complexity index is 7180. The number of nitrogens with zero attached hydrogens (tertiary/aromatic N) is 4. The molecular formula is C87H62N4O. The number of hydrogen-bond acceptors (Lipinski definition) is 2. The van der Waals surface area contributed by atoms with E-state index in [9.17, 15) is 19.2 Å². The Kier molecular flexibility index (Phi) is 7.03. The lowest BCUT2D eigenvalue weighted by Gasteiger charge is -2.20. The van der Waals surface area contributed by atoms with Crippen molar-refractivity contribution in [2.45, 2.75) is 20.6 Å². The van der Waals surface area contributed by atoms with Gasteiger partial charge < -0.3 is 4.74 Å². The largest absolute Gasteiger partial charge is 0.458 e. The van der Waals surface area contributed by atoms with Gasteiger partial charge in [0.15, 0.2) is 0 Å². The van der Waals surface area contributed by atoms with Crippen molar-refractivity contribution in [2.75, 3.05) is 0 Å². The van der Waals surface area contributed by atoms with E-state index in [-0.39, 0.29) is 50.7 Å². The summed E-state index contributed by atoms with van der Waals surface area (Å²) in [5, 5.41) is 1.19. The molecular weight excluding hydrogens is 1120 g/mol. The predicted molar refractivity (Wildman–Crippen MR) is 380 cm³/mol. The topological polar surface area (TPSA) is 35.9 Å². The molecule has 13 aromatic carbocycles. The quantitative estimate of drug-likeness (QED) is 0.0852. The highest BCUT2D eigenvalue weighted by Crippen LogP contribution is 2.43. The maximum absolute atomic E-state index is 10.6. The molecule has 436 valence electrons. The number of ether oxygens (including phenoxy) is 1. The van der Waals surface area contributed by atoms with E-state index in [1.807, 2.05) is 0 Å². The highest BCUT2D eigenvalue weighted by molar-refractivity contribution is 6.09. The van der Waals surface area contributed by atoms with Gasteiger partial charge in [-0.2, -0.15) is 0 Å². The maximum Gasteiger partial charge on any atom is 0.269 e. The number of imidazole rings is 1. The van der Waals surface area contributed by atoms with Crippen LogP contribution in [0.3, 0.4) is 0 Å². The van der Waals surface area contributed by atoms with Gasteiger partial charge in [0.05, 0.1) is 75.9 Å². The molecule has 5 nitrogen and oxygen atoms in total. The molecule has 0 amide bonds. The summed E-state index contributed by atoms with van der Waals surface area (Å²) in [5.74, 6) is 0.0576. The number of aryl methyl sites for hydroxylation is 3. The third-order valence-corrected chi connectivity index (χ3v) is 15.2. The van der Waals surface area contributed by atoms with Crippen LogP contribution in [-0.4, -0.2) is 14.1 Å². The molecule has 0 saturated carbocycles. The number of para-hydroxylation sites is 2. The number of hydrogen-bond donors (Lipinski definition) is 0. The molecule has 0 aliphatic heterocycles. The number of pyridine rings is 1. The molecule has 0 aliphatic carbocycles. The molecule has 16 rings (SSSR count). The minimum atomic E-state index is -3.06. The summed E-state index contributed by atoms with van der Waals surface area (Å²) in [5.41, 5.74) is -12.8. The van der Waals surface area contributed by atoms with Gasteiger partial charge in [-0.3, -0.25) is 13.7 Å². The fourth-order valence-electron chi connectivity index (χ4n) is 11.1. The Hall–Kier alpha value is -11.9. The number of rotatable bonds is 13. The lowest BCUT2D eigenvalue weighted by atomic mass is 9.89. The van der Waals surface area contributed by atoms with Crippen LogP contribution in [-0.2, 0) is 0 Å². The van der Waals surface area contributed by atoms with Crippen molar-refractivity contribution in [3.63, 3.8) is 0 Å². The second kappa shape index (κ2) is 23.5. The van der Waals surface area contributed by atoms with Gasteiger partial charge >= 0.3 is 0 Å². The Morgan fingerprint density at radius 1 is 0.391 bits per heavy atom. The second-order valence-electron chi connectivity index (χ2n) is 20.6. The zero-order valence-electron chi connectivity index (χ0n) is 87.4. The molecule has 0 aliphatic rings. The van der Waals surface area contributed by atoms with Gasteiger partial charge in [-0.15, -0.1) is 0 Å². The first-order valence-corrected chi connectivity index (χ1v) is 28.1. The zero-order valence-corrected chi connectivity index (χ0v) is 47.4. The smallest absolute Gasteiger partial charge is 0.269 e. The van der Waals surface area contributed by atoms with E-state index in [1.54, 1.807) is 47.0 Å². The Morgan fingerprint density at radius 2 is 0.902 bits per heavy atom. The molecule has 0 atom stereocenters. The Morgan fingerprint density at radius 3 is 1.48 bits per heavy atom. The Balaban J connectivity index is 1.05. The summed E-state index contributed by atoms with van der Waals surface area (Å²) < 4.78 is 377. The van der Waals surface area contributed by atoms with Crippen LogP contribution in [0.2, 0.25) is 0 Å². The highest BCUT2D eigenvalue weighted by Gasteiger charge is 2.24. The summed E-state index contributed by atoms with van der Waals surface area (Å²) in [6, 6.07) is -0.707. The summed E-state index contributed by atoms with van der Waals surface area (Å²) in [7, 11) is 0. The van der Waals surface area contributed by atoms with Gasteiger partial charge in [-0.1, -0.05) is 224 Å². The minimum absolute atomic E-state index is 0.00380. The normalized spacial score (nSPS) is 18.0. The molecule has 0 N–H and O–H groups in total. The molecule has 0 saturated heterocycles. The molecule has 0 fully saturated rings. The van der Waals surface area contributed by atoms with E-state index in [0.29, 0.717) is 21.8 Å². The average molecular weight is 1220 g/mol. The third kappa shape index (κ3) is 10.3. The number of benzene rings is 13. The summed E-state index contributed by atoms with van der Waals surface area (Å²) in [6.07, 6.45) is 4.38. The van der Waals surface area contributed by atoms with Crippen LogP contribution in [0.25, 0.3) is 139 Å². The van der Waals surface area contributed by atoms with Crippen LogP contribution in [0, 0.1) is 26.9 Å². The number of aromatic nitrogens is 4. The fourth-order valence-corrected chi connectivity index (χ4v) is 11.1. The van der Waals surface area contributed by atoms with Gasteiger partial charge in [0.2, 0.25) is 0 Å². The van der Waals surface area contributed by atoms with Crippen LogP contribution in [0.1, 0.15) is 71.5 Å². The summed E-state index contributed by atoms with van der Waals surface area (Å²) in [6.45, 7) is -9.12. The molecule has 0 spiro atoms. The molecule has 5 heteroatoms. The van der Waals surface area contributed by atoms with Crippen LogP contribution in [0.15, 0.2) is 321 Å². The molecule has 3 aromatic heterocycles. The highest BCUT2D eigenvalue weighted by atomic mass is 16.5. The van der Waals surface area contributed by atoms with Crippen LogP contribution < -0.4 is 9.30 Å². The molecule has 0 radical (unpaired) electrons. The lowest BCUT2D eigenvalue weighted by Crippen LogP contribution is -2.31. The van der Waals surface area contributed by atoms with Gasteiger partial charge in [0, 0.05) is 40.9 Å². The third-order valence-electron chi connectivity index (χ3n) is 15.2. The van der Waals surface area contributed by atoms with E-state index in [1.165, 1.54) is 89.5 Å². The fraction of sp³-hybridized carbons (Fsp3) is 0.0345. The van der Waals surface area contributed by atoms with Crippen molar-refractivity contribution in [1.29, 1.82) is 0 Å². The van der Waals surface area contributed by atoms with E-state index < -0.39 is 303 Å².